The first kappa shape index (κ1) is 14.1. The Labute approximate surface area is 107 Å². The van der Waals surface area contributed by atoms with E-state index >= 15 is 0 Å². The van der Waals surface area contributed by atoms with E-state index in [9.17, 15) is 8.42 Å². The van der Waals surface area contributed by atoms with Crippen LogP contribution in [-0.4, -0.2) is 21.3 Å². The molecule has 0 spiro atoms. The molecular weight excluding hydrogens is 262 g/mol. The van der Waals surface area contributed by atoms with Gasteiger partial charge in [0, 0.05) is 0 Å². The predicted molar refractivity (Wildman–Crippen MR) is 70.3 cm³/mol. The maximum Gasteiger partial charge on any atom is 0.232 e. The highest BCUT2D eigenvalue weighted by molar-refractivity contribution is 7.92. The second-order valence-corrected chi connectivity index (χ2v) is 5.87. The third kappa shape index (κ3) is 4.44. The summed E-state index contributed by atoms with van der Waals surface area (Å²) in [5.74, 6) is 0.635. The van der Waals surface area contributed by atoms with Crippen LogP contribution in [0.3, 0.4) is 0 Å². The van der Waals surface area contributed by atoms with Gasteiger partial charge < -0.3 is 4.74 Å². The second kappa shape index (κ2) is 6.12. The van der Waals surface area contributed by atoms with Gasteiger partial charge >= 0.3 is 0 Å². The lowest BCUT2D eigenvalue weighted by molar-refractivity contribution is 0.415. The van der Waals surface area contributed by atoms with Crippen molar-refractivity contribution in [1.29, 1.82) is 0 Å². The van der Waals surface area contributed by atoms with E-state index in [4.69, 9.17) is 16.3 Å². The van der Waals surface area contributed by atoms with Crippen molar-refractivity contribution in [1.82, 2.24) is 0 Å². The summed E-state index contributed by atoms with van der Waals surface area (Å²) in [6.07, 6.45) is 1.48. The van der Waals surface area contributed by atoms with E-state index in [-0.39, 0.29) is 5.75 Å². The van der Waals surface area contributed by atoms with Crippen LogP contribution in [0.25, 0.3) is 0 Å². The highest BCUT2D eigenvalue weighted by Gasteiger charge is 2.10. The lowest BCUT2D eigenvalue weighted by Gasteiger charge is -2.09. The first-order chi connectivity index (χ1) is 7.98. The summed E-state index contributed by atoms with van der Waals surface area (Å²) in [7, 11) is -1.78. The Bertz CT molecular complexity index is 474. The molecule has 0 saturated heterocycles. The van der Waals surface area contributed by atoms with E-state index in [0.717, 1.165) is 6.42 Å². The van der Waals surface area contributed by atoms with E-state index in [0.29, 0.717) is 22.9 Å². The molecule has 0 aliphatic carbocycles. The Balaban J connectivity index is 2.78. The quantitative estimate of drug-likeness (QED) is 0.870. The molecule has 0 amide bonds. The number of unbranched alkanes of at least 4 members (excludes halogenated alkanes) is 1. The Kier molecular flexibility index (Phi) is 5.08. The van der Waals surface area contributed by atoms with Gasteiger partial charge in [-0.3, -0.25) is 4.72 Å². The monoisotopic (exact) mass is 277 g/mol. The predicted octanol–water partition coefficient (Wildman–Crippen LogP) is 2.89. The van der Waals surface area contributed by atoms with Crippen LogP contribution < -0.4 is 9.46 Å². The lowest BCUT2D eigenvalue weighted by atomic mass is 10.3. The number of ether oxygens (including phenoxy) is 1. The molecule has 6 heteroatoms. The fourth-order valence-corrected chi connectivity index (χ4v) is 2.81. The summed E-state index contributed by atoms with van der Waals surface area (Å²) in [5.41, 5.74) is 0.451. The van der Waals surface area contributed by atoms with Gasteiger partial charge in [0.15, 0.2) is 0 Å². The van der Waals surface area contributed by atoms with E-state index < -0.39 is 10.0 Å². The van der Waals surface area contributed by atoms with Crippen LogP contribution in [0, 0.1) is 0 Å². The molecule has 4 nitrogen and oxygen atoms in total. The van der Waals surface area contributed by atoms with Crippen LogP contribution in [0.15, 0.2) is 18.2 Å². The SMILES string of the molecule is CCCCS(=O)(=O)Nc1ccc(OC)c(Cl)c1. The molecule has 1 N–H and O–H groups in total. The number of anilines is 1. The largest absolute Gasteiger partial charge is 0.495 e. The molecule has 1 aromatic carbocycles. The Morgan fingerprint density at radius 2 is 2.12 bits per heavy atom. The number of benzene rings is 1. The highest BCUT2D eigenvalue weighted by atomic mass is 35.5. The van der Waals surface area contributed by atoms with Gasteiger partial charge in [-0.2, -0.15) is 0 Å². The molecule has 17 heavy (non-hydrogen) atoms. The summed E-state index contributed by atoms with van der Waals surface area (Å²) in [6.45, 7) is 1.94. The maximum atomic E-state index is 11.6. The molecule has 1 aromatic rings. The standard InChI is InChI=1S/C11H16ClNO3S/c1-3-4-7-17(14,15)13-9-5-6-11(16-2)10(12)8-9/h5-6,8,13H,3-4,7H2,1-2H3. The van der Waals surface area contributed by atoms with Gasteiger partial charge in [0.05, 0.1) is 23.6 Å². The number of rotatable bonds is 6. The molecule has 0 fully saturated rings. The number of nitrogens with one attached hydrogen (secondary N) is 1. The minimum absolute atomic E-state index is 0.118. The highest BCUT2D eigenvalue weighted by Crippen LogP contribution is 2.27. The van der Waals surface area contributed by atoms with Gasteiger partial charge in [-0.05, 0) is 24.6 Å². The summed E-state index contributed by atoms with van der Waals surface area (Å²) in [5, 5.41) is 0.378. The summed E-state index contributed by atoms with van der Waals surface area (Å²) >= 11 is 5.90. The van der Waals surface area contributed by atoms with Crippen molar-refractivity contribution in [3.05, 3.63) is 23.2 Å². The molecule has 0 aliphatic rings. The second-order valence-electron chi connectivity index (χ2n) is 3.62. The van der Waals surface area contributed by atoms with E-state index in [1.165, 1.54) is 13.2 Å². The summed E-state index contributed by atoms with van der Waals surface area (Å²) in [4.78, 5) is 0. The van der Waals surface area contributed by atoms with E-state index in [2.05, 4.69) is 4.72 Å². The Hall–Kier alpha value is -0.940. The zero-order valence-electron chi connectivity index (χ0n) is 9.86. The third-order valence-corrected chi connectivity index (χ3v) is 3.86. The molecule has 96 valence electrons. The Morgan fingerprint density at radius 3 is 2.65 bits per heavy atom. The summed E-state index contributed by atoms with van der Waals surface area (Å²) < 4.78 is 30.7. The smallest absolute Gasteiger partial charge is 0.232 e. The minimum Gasteiger partial charge on any atom is -0.495 e. The van der Waals surface area contributed by atoms with Crippen molar-refractivity contribution in [2.75, 3.05) is 17.6 Å². The van der Waals surface area contributed by atoms with E-state index in [1.807, 2.05) is 6.92 Å². The van der Waals surface area contributed by atoms with Crippen LogP contribution in [0.4, 0.5) is 5.69 Å². The zero-order chi connectivity index (χ0) is 12.9. The van der Waals surface area contributed by atoms with Crippen LogP contribution in [0.2, 0.25) is 5.02 Å². The summed E-state index contributed by atoms with van der Waals surface area (Å²) in [6, 6.07) is 4.78. The van der Waals surface area contributed by atoms with Crippen molar-refractivity contribution < 1.29 is 13.2 Å². The number of hydrogen-bond acceptors (Lipinski definition) is 3. The van der Waals surface area contributed by atoms with Gasteiger partial charge in [-0.25, -0.2) is 8.42 Å². The van der Waals surface area contributed by atoms with Gasteiger partial charge in [-0.15, -0.1) is 0 Å². The van der Waals surface area contributed by atoms with Crippen LogP contribution in [0.1, 0.15) is 19.8 Å². The molecule has 0 aromatic heterocycles. The normalized spacial score (nSPS) is 11.2. The van der Waals surface area contributed by atoms with Crippen molar-refractivity contribution in [2.45, 2.75) is 19.8 Å². The number of methoxy groups -OCH3 is 1. The first-order valence-electron chi connectivity index (χ1n) is 5.32. The molecule has 0 aliphatic heterocycles. The average molecular weight is 278 g/mol. The van der Waals surface area contributed by atoms with Crippen LogP contribution >= 0.6 is 11.6 Å². The molecule has 0 unspecified atom stereocenters. The molecule has 0 radical (unpaired) electrons. The fourth-order valence-electron chi connectivity index (χ4n) is 1.29. The van der Waals surface area contributed by atoms with Crippen molar-refractivity contribution in [3.8, 4) is 5.75 Å². The van der Waals surface area contributed by atoms with Gasteiger partial charge in [0.2, 0.25) is 10.0 Å². The molecule has 0 heterocycles. The molecule has 0 bridgehead atoms. The fraction of sp³-hybridized carbons (Fsp3) is 0.455. The molecule has 1 rings (SSSR count). The number of hydrogen-bond donors (Lipinski definition) is 1. The van der Waals surface area contributed by atoms with E-state index in [1.54, 1.807) is 12.1 Å². The maximum absolute atomic E-state index is 11.6. The zero-order valence-corrected chi connectivity index (χ0v) is 11.4. The van der Waals surface area contributed by atoms with Crippen molar-refractivity contribution in [3.63, 3.8) is 0 Å². The first-order valence-corrected chi connectivity index (χ1v) is 7.35. The van der Waals surface area contributed by atoms with Crippen LogP contribution in [-0.2, 0) is 10.0 Å². The lowest BCUT2D eigenvalue weighted by Crippen LogP contribution is -2.16. The van der Waals surface area contributed by atoms with Crippen molar-refractivity contribution in [2.24, 2.45) is 0 Å². The Morgan fingerprint density at radius 1 is 1.41 bits per heavy atom. The third-order valence-electron chi connectivity index (χ3n) is 2.19. The van der Waals surface area contributed by atoms with Crippen LogP contribution in [0.5, 0.6) is 5.75 Å². The average Bonchev–Trinajstić information content (AvgIpc) is 2.26. The minimum atomic E-state index is -3.28. The van der Waals surface area contributed by atoms with Crippen molar-refractivity contribution >= 4 is 27.3 Å². The number of sulfonamides is 1. The van der Waals surface area contributed by atoms with Gasteiger partial charge in [-0.1, -0.05) is 24.9 Å². The van der Waals surface area contributed by atoms with Gasteiger partial charge in [0.1, 0.15) is 5.75 Å². The topological polar surface area (TPSA) is 55.4 Å². The molecule has 0 atom stereocenters. The molecule has 0 saturated carbocycles. The molecular formula is C11H16ClNO3S. The number of halogens is 1. The van der Waals surface area contributed by atoms with Gasteiger partial charge in [0.25, 0.3) is 0 Å².